The summed E-state index contributed by atoms with van der Waals surface area (Å²) in [5, 5.41) is 9.05. The van der Waals surface area contributed by atoms with Gasteiger partial charge in [-0.1, -0.05) is 13.8 Å². The van der Waals surface area contributed by atoms with Gasteiger partial charge in [0.05, 0.1) is 5.41 Å². The summed E-state index contributed by atoms with van der Waals surface area (Å²) >= 11 is 0. The molecule has 0 radical (unpaired) electrons. The van der Waals surface area contributed by atoms with Gasteiger partial charge >= 0.3 is 5.97 Å². The van der Waals surface area contributed by atoms with Crippen molar-refractivity contribution >= 4 is 5.97 Å². The number of hydrogen-bond acceptors (Lipinski definition) is 1. The lowest BCUT2D eigenvalue weighted by molar-refractivity contribution is -0.145. The Morgan fingerprint density at radius 2 is 1.91 bits per heavy atom. The molecule has 2 rings (SSSR count). The maximum absolute atomic E-state index is 11.0. The minimum atomic E-state index is -0.565. The smallest absolute Gasteiger partial charge is 0.310 e. The third-order valence-corrected chi connectivity index (χ3v) is 3.46. The Morgan fingerprint density at radius 3 is 2.00 bits per heavy atom. The van der Waals surface area contributed by atoms with Crippen molar-refractivity contribution in [1.82, 2.24) is 0 Å². The molecule has 0 aliphatic heterocycles. The number of carboxylic acids is 1. The average molecular weight is 154 g/mol. The van der Waals surface area contributed by atoms with Crippen LogP contribution in [0.3, 0.4) is 0 Å². The molecule has 0 heterocycles. The second-order valence-electron chi connectivity index (χ2n) is 4.61. The van der Waals surface area contributed by atoms with Crippen molar-refractivity contribution in [3.8, 4) is 0 Å². The van der Waals surface area contributed by atoms with Gasteiger partial charge in [0.25, 0.3) is 0 Å². The van der Waals surface area contributed by atoms with Gasteiger partial charge < -0.3 is 5.11 Å². The topological polar surface area (TPSA) is 37.3 Å². The van der Waals surface area contributed by atoms with Crippen molar-refractivity contribution in [2.24, 2.45) is 16.7 Å². The largest absolute Gasteiger partial charge is 0.481 e. The molecule has 2 heteroatoms. The fraction of sp³-hybridized carbons (Fsp3) is 0.889. The molecular formula is C9H14O2. The first kappa shape index (κ1) is 7.14. The van der Waals surface area contributed by atoms with Crippen molar-refractivity contribution in [2.45, 2.75) is 33.1 Å². The summed E-state index contributed by atoms with van der Waals surface area (Å²) in [6.07, 6.45) is 3.16. The Morgan fingerprint density at radius 1 is 1.45 bits per heavy atom. The van der Waals surface area contributed by atoms with E-state index >= 15 is 0 Å². The van der Waals surface area contributed by atoms with Crippen LogP contribution in [0.4, 0.5) is 0 Å². The zero-order valence-electron chi connectivity index (χ0n) is 7.05. The monoisotopic (exact) mass is 154 g/mol. The predicted molar refractivity (Wildman–Crippen MR) is 41.2 cm³/mol. The van der Waals surface area contributed by atoms with E-state index in [1.807, 2.05) is 0 Å². The first-order valence-corrected chi connectivity index (χ1v) is 4.24. The van der Waals surface area contributed by atoms with Crippen LogP contribution in [-0.2, 0) is 4.79 Å². The fourth-order valence-electron chi connectivity index (χ4n) is 2.47. The van der Waals surface area contributed by atoms with E-state index in [1.165, 1.54) is 0 Å². The van der Waals surface area contributed by atoms with E-state index in [4.69, 9.17) is 5.11 Å². The molecule has 2 saturated carbocycles. The molecule has 0 aromatic heterocycles. The lowest BCUT2D eigenvalue weighted by atomic mass is 9.91. The second-order valence-corrected chi connectivity index (χ2v) is 4.61. The van der Waals surface area contributed by atoms with Gasteiger partial charge in [-0.05, 0) is 30.6 Å². The van der Waals surface area contributed by atoms with E-state index in [0.717, 1.165) is 19.3 Å². The third-order valence-electron chi connectivity index (χ3n) is 3.46. The van der Waals surface area contributed by atoms with Crippen molar-refractivity contribution in [2.75, 3.05) is 0 Å². The Balaban J connectivity index is 2.24. The number of hydrogen-bond donors (Lipinski definition) is 1. The highest BCUT2D eigenvalue weighted by molar-refractivity contribution is 5.80. The van der Waals surface area contributed by atoms with Crippen molar-refractivity contribution in [3.05, 3.63) is 0 Å². The summed E-state index contributed by atoms with van der Waals surface area (Å²) < 4.78 is 0. The molecule has 0 aromatic carbocycles. The lowest BCUT2D eigenvalue weighted by Gasteiger charge is -2.13. The maximum Gasteiger partial charge on any atom is 0.310 e. The molecule has 0 amide bonds. The molecule has 0 bridgehead atoms. The quantitative estimate of drug-likeness (QED) is 0.659. The maximum atomic E-state index is 11.0. The van der Waals surface area contributed by atoms with Crippen LogP contribution < -0.4 is 0 Å². The van der Waals surface area contributed by atoms with Gasteiger partial charge in [0, 0.05) is 0 Å². The van der Waals surface area contributed by atoms with Gasteiger partial charge in [0.2, 0.25) is 0 Å². The highest BCUT2D eigenvalue weighted by Gasteiger charge is 2.72. The van der Waals surface area contributed by atoms with Crippen LogP contribution >= 0.6 is 0 Å². The average Bonchev–Trinajstić information content (AvgIpc) is 2.63. The standard InChI is InChI=1S/C9H14O2/c1-8(2)5-9(8,7(10)11)6-3-4-6/h6H,3-5H2,1-2H3,(H,10,11). The van der Waals surface area contributed by atoms with Crippen LogP contribution in [0.2, 0.25) is 0 Å². The summed E-state index contributed by atoms with van der Waals surface area (Å²) in [5.74, 6) is -0.0694. The lowest BCUT2D eigenvalue weighted by Crippen LogP contribution is -2.22. The van der Waals surface area contributed by atoms with E-state index in [1.54, 1.807) is 0 Å². The number of carbonyl (C=O) groups is 1. The Labute approximate surface area is 66.6 Å². The molecule has 2 fully saturated rings. The van der Waals surface area contributed by atoms with E-state index in [-0.39, 0.29) is 10.8 Å². The SMILES string of the molecule is CC1(C)CC1(C(=O)O)C1CC1. The summed E-state index contributed by atoms with van der Waals surface area (Å²) in [5.41, 5.74) is -0.257. The van der Waals surface area contributed by atoms with E-state index in [2.05, 4.69) is 13.8 Å². The molecule has 0 saturated heterocycles. The highest BCUT2D eigenvalue weighted by Crippen LogP contribution is 2.72. The molecule has 2 nitrogen and oxygen atoms in total. The van der Waals surface area contributed by atoms with Crippen LogP contribution in [-0.4, -0.2) is 11.1 Å². The molecular weight excluding hydrogens is 140 g/mol. The summed E-state index contributed by atoms with van der Waals surface area (Å²) in [6, 6.07) is 0. The first-order valence-electron chi connectivity index (χ1n) is 4.24. The zero-order chi connectivity index (χ0) is 8.28. The first-order chi connectivity index (χ1) is 5.01. The molecule has 1 N–H and O–H groups in total. The molecule has 2 aliphatic carbocycles. The van der Waals surface area contributed by atoms with E-state index in [9.17, 15) is 4.79 Å². The molecule has 1 atom stereocenters. The van der Waals surface area contributed by atoms with Crippen molar-refractivity contribution < 1.29 is 9.90 Å². The van der Waals surface area contributed by atoms with E-state index < -0.39 is 5.97 Å². The molecule has 11 heavy (non-hydrogen) atoms. The molecule has 2 aliphatic rings. The summed E-state index contributed by atoms with van der Waals surface area (Å²) in [7, 11) is 0. The molecule has 0 spiro atoms. The van der Waals surface area contributed by atoms with Gasteiger partial charge in [0.1, 0.15) is 0 Å². The summed E-state index contributed by atoms with van der Waals surface area (Å²) in [6.45, 7) is 4.14. The third kappa shape index (κ3) is 0.700. The number of carboxylic acid groups (broad SMARTS) is 1. The van der Waals surface area contributed by atoms with Gasteiger partial charge in [0.15, 0.2) is 0 Å². The van der Waals surface area contributed by atoms with Crippen LogP contribution in [0, 0.1) is 16.7 Å². The van der Waals surface area contributed by atoms with Gasteiger partial charge in [-0.3, -0.25) is 4.79 Å². The van der Waals surface area contributed by atoms with Crippen LogP contribution in [0.25, 0.3) is 0 Å². The normalized spacial score (nSPS) is 40.2. The van der Waals surface area contributed by atoms with Gasteiger partial charge in [-0.15, -0.1) is 0 Å². The number of rotatable bonds is 2. The van der Waals surface area contributed by atoms with Crippen molar-refractivity contribution in [3.63, 3.8) is 0 Å². The Bertz CT molecular complexity index is 216. The predicted octanol–water partition coefficient (Wildman–Crippen LogP) is 1.90. The highest BCUT2D eigenvalue weighted by atomic mass is 16.4. The molecule has 0 aromatic rings. The van der Waals surface area contributed by atoms with E-state index in [0.29, 0.717) is 5.92 Å². The second kappa shape index (κ2) is 1.62. The van der Waals surface area contributed by atoms with Crippen LogP contribution in [0.1, 0.15) is 33.1 Å². The molecule has 1 unspecified atom stereocenters. The fourth-order valence-corrected chi connectivity index (χ4v) is 2.47. The van der Waals surface area contributed by atoms with Crippen LogP contribution in [0.5, 0.6) is 0 Å². The minimum absolute atomic E-state index is 0.0694. The minimum Gasteiger partial charge on any atom is -0.481 e. The Hall–Kier alpha value is -0.530. The Kier molecular flexibility index (Phi) is 1.05. The summed E-state index contributed by atoms with van der Waals surface area (Å²) in [4.78, 5) is 11.0. The van der Waals surface area contributed by atoms with Crippen LogP contribution in [0.15, 0.2) is 0 Å². The van der Waals surface area contributed by atoms with Crippen molar-refractivity contribution in [1.29, 1.82) is 0 Å². The molecule has 62 valence electrons. The van der Waals surface area contributed by atoms with Gasteiger partial charge in [-0.25, -0.2) is 0 Å². The number of aliphatic carboxylic acids is 1. The zero-order valence-corrected chi connectivity index (χ0v) is 7.05. The van der Waals surface area contributed by atoms with Gasteiger partial charge in [-0.2, -0.15) is 0 Å².